The molecule has 3 heterocycles. The van der Waals surface area contributed by atoms with E-state index in [1.165, 1.54) is 12.1 Å². The molecule has 164 valence electrons. The van der Waals surface area contributed by atoms with Crippen LogP contribution < -0.4 is 10.9 Å². The van der Waals surface area contributed by atoms with Gasteiger partial charge in [-0.15, -0.1) is 0 Å². The number of nitrogens with zero attached hydrogens (tertiary/aromatic N) is 4. The van der Waals surface area contributed by atoms with Gasteiger partial charge >= 0.3 is 0 Å². The lowest BCUT2D eigenvalue weighted by Crippen LogP contribution is -2.27. The standard InChI is InChI=1S/C24H24FN5O2/c1-2-12-32-13-11-30-21-14-18(17-6-8-19(25)9-7-17)15-27-22(21)29-23(24(30)31)28-16-20-5-3-4-10-26-20/h3-10,14-15H,2,11-13,16H2,1H3,(H,27,28,29). The topological polar surface area (TPSA) is 81.9 Å². The van der Waals surface area contributed by atoms with E-state index in [0.717, 1.165) is 23.2 Å². The second kappa shape index (κ2) is 10.1. The zero-order valence-electron chi connectivity index (χ0n) is 17.8. The van der Waals surface area contributed by atoms with Crippen molar-refractivity contribution in [3.8, 4) is 11.1 Å². The van der Waals surface area contributed by atoms with Gasteiger partial charge in [-0.3, -0.25) is 14.3 Å². The third-order valence-electron chi connectivity index (χ3n) is 4.95. The highest BCUT2D eigenvalue weighted by Crippen LogP contribution is 2.22. The molecule has 0 aliphatic rings. The number of halogens is 1. The first kappa shape index (κ1) is 21.6. The molecule has 0 aliphatic heterocycles. The molecule has 0 saturated heterocycles. The molecule has 4 aromatic rings. The summed E-state index contributed by atoms with van der Waals surface area (Å²) in [6.07, 6.45) is 4.28. The molecule has 3 aromatic heterocycles. The number of fused-ring (bicyclic) bond motifs is 1. The number of anilines is 1. The van der Waals surface area contributed by atoms with Crippen molar-refractivity contribution in [1.82, 2.24) is 19.5 Å². The predicted octanol–water partition coefficient (Wildman–Crippen LogP) is 4.03. The molecule has 4 rings (SSSR count). The minimum Gasteiger partial charge on any atom is -0.380 e. The van der Waals surface area contributed by atoms with Crippen LogP contribution in [0, 0.1) is 5.82 Å². The number of benzene rings is 1. The van der Waals surface area contributed by atoms with Crippen LogP contribution in [0.3, 0.4) is 0 Å². The molecule has 0 saturated carbocycles. The molecule has 1 aromatic carbocycles. The van der Waals surface area contributed by atoms with Gasteiger partial charge in [0.1, 0.15) is 5.82 Å². The quantitative estimate of drug-likeness (QED) is 0.401. The Morgan fingerprint density at radius 3 is 2.66 bits per heavy atom. The van der Waals surface area contributed by atoms with E-state index >= 15 is 0 Å². The molecular weight excluding hydrogens is 409 g/mol. The van der Waals surface area contributed by atoms with Crippen LogP contribution in [-0.2, 0) is 17.8 Å². The van der Waals surface area contributed by atoms with E-state index in [4.69, 9.17) is 4.74 Å². The molecule has 0 spiro atoms. The van der Waals surface area contributed by atoms with Crippen molar-refractivity contribution in [2.24, 2.45) is 0 Å². The summed E-state index contributed by atoms with van der Waals surface area (Å²) >= 11 is 0. The Morgan fingerprint density at radius 1 is 1.06 bits per heavy atom. The van der Waals surface area contributed by atoms with Crippen molar-refractivity contribution >= 4 is 17.0 Å². The van der Waals surface area contributed by atoms with Gasteiger partial charge in [-0.05, 0) is 42.3 Å². The second-order valence-electron chi connectivity index (χ2n) is 7.28. The zero-order chi connectivity index (χ0) is 22.3. The number of rotatable bonds is 9. The van der Waals surface area contributed by atoms with Crippen LogP contribution in [0.2, 0.25) is 0 Å². The molecule has 32 heavy (non-hydrogen) atoms. The maximum atomic E-state index is 13.3. The average molecular weight is 433 g/mol. The molecule has 0 unspecified atom stereocenters. The van der Waals surface area contributed by atoms with Crippen LogP contribution >= 0.6 is 0 Å². The number of ether oxygens (including phenoxy) is 1. The monoisotopic (exact) mass is 433 g/mol. The van der Waals surface area contributed by atoms with Crippen LogP contribution in [0.25, 0.3) is 22.3 Å². The maximum absolute atomic E-state index is 13.3. The number of hydrogen-bond donors (Lipinski definition) is 1. The number of pyridine rings is 2. The zero-order valence-corrected chi connectivity index (χ0v) is 17.8. The first-order chi connectivity index (χ1) is 15.7. The van der Waals surface area contributed by atoms with E-state index in [9.17, 15) is 9.18 Å². The van der Waals surface area contributed by atoms with Gasteiger partial charge in [0, 0.05) is 31.1 Å². The summed E-state index contributed by atoms with van der Waals surface area (Å²) in [5.74, 6) is -0.0987. The van der Waals surface area contributed by atoms with Crippen molar-refractivity contribution in [3.05, 3.63) is 82.8 Å². The van der Waals surface area contributed by atoms with Gasteiger partial charge in [-0.2, -0.15) is 0 Å². The minimum atomic E-state index is -0.308. The van der Waals surface area contributed by atoms with Gasteiger partial charge in [0.2, 0.25) is 0 Å². The van der Waals surface area contributed by atoms with Crippen LogP contribution in [0.1, 0.15) is 19.0 Å². The molecule has 0 radical (unpaired) electrons. The Hall–Kier alpha value is -3.65. The third kappa shape index (κ3) is 4.97. The number of aromatic nitrogens is 4. The molecular formula is C24H24FN5O2. The Balaban J connectivity index is 1.72. The first-order valence-electron chi connectivity index (χ1n) is 10.5. The summed E-state index contributed by atoms with van der Waals surface area (Å²) in [7, 11) is 0. The van der Waals surface area contributed by atoms with Crippen molar-refractivity contribution in [1.29, 1.82) is 0 Å². The lowest BCUT2D eigenvalue weighted by molar-refractivity contribution is 0.127. The second-order valence-corrected chi connectivity index (χ2v) is 7.28. The van der Waals surface area contributed by atoms with E-state index in [2.05, 4.69) is 20.3 Å². The molecule has 0 bridgehead atoms. The van der Waals surface area contributed by atoms with Crippen LogP contribution in [-0.4, -0.2) is 32.7 Å². The lowest BCUT2D eigenvalue weighted by Gasteiger charge is -2.14. The van der Waals surface area contributed by atoms with Crippen molar-refractivity contribution in [3.63, 3.8) is 0 Å². The average Bonchev–Trinajstić information content (AvgIpc) is 2.82. The van der Waals surface area contributed by atoms with Gasteiger partial charge in [0.05, 0.1) is 24.4 Å². The summed E-state index contributed by atoms with van der Waals surface area (Å²) in [6.45, 7) is 3.79. The van der Waals surface area contributed by atoms with Crippen molar-refractivity contribution < 1.29 is 9.13 Å². The van der Waals surface area contributed by atoms with Crippen LogP contribution in [0.4, 0.5) is 10.2 Å². The van der Waals surface area contributed by atoms with Crippen molar-refractivity contribution in [2.75, 3.05) is 18.5 Å². The smallest absolute Gasteiger partial charge is 0.293 e. The van der Waals surface area contributed by atoms with Gasteiger partial charge in [-0.25, -0.2) is 14.4 Å². The lowest BCUT2D eigenvalue weighted by atomic mass is 10.1. The fraction of sp³-hybridized carbons (Fsp3) is 0.250. The maximum Gasteiger partial charge on any atom is 0.293 e. The molecule has 0 aliphatic carbocycles. The first-order valence-corrected chi connectivity index (χ1v) is 10.5. The highest BCUT2D eigenvalue weighted by atomic mass is 19.1. The SMILES string of the molecule is CCCOCCn1c(=O)c(NCc2ccccn2)nc2ncc(-c3ccc(F)cc3)cc21. The predicted molar refractivity (Wildman–Crippen MR) is 122 cm³/mol. The Kier molecular flexibility index (Phi) is 6.81. The Labute approximate surface area is 184 Å². The Morgan fingerprint density at radius 2 is 1.91 bits per heavy atom. The van der Waals surface area contributed by atoms with E-state index in [1.807, 2.05) is 31.2 Å². The fourth-order valence-electron chi connectivity index (χ4n) is 3.34. The van der Waals surface area contributed by atoms with E-state index in [1.54, 1.807) is 29.1 Å². The fourth-order valence-corrected chi connectivity index (χ4v) is 3.34. The molecule has 7 nitrogen and oxygen atoms in total. The van der Waals surface area contributed by atoms with Gasteiger partial charge in [-0.1, -0.05) is 25.1 Å². The summed E-state index contributed by atoms with van der Waals surface area (Å²) in [4.78, 5) is 26.5. The number of nitrogens with one attached hydrogen (secondary N) is 1. The highest BCUT2D eigenvalue weighted by molar-refractivity contribution is 5.79. The largest absolute Gasteiger partial charge is 0.380 e. The van der Waals surface area contributed by atoms with E-state index in [-0.39, 0.29) is 17.2 Å². The van der Waals surface area contributed by atoms with Gasteiger partial charge in [0.15, 0.2) is 11.5 Å². The molecule has 0 fully saturated rings. The molecule has 8 heteroatoms. The molecule has 1 N–H and O–H groups in total. The van der Waals surface area contributed by atoms with Crippen LogP contribution in [0.15, 0.2) is 65.7 Å². The normalized spacial score (nSPS) is 11.1. The van der Waals surface area contributed by atoms with Gasteiger partial charge in [0.25, 0.3) is 5.56 Å². The summed E-state index contributed by atoms with van der Waals surface area (Å²) in [5.41, 5.74) is 3.16. The van der Waals surface area contributed by atoms with Crippen LogP contribution in [0.5, 0.6) is 0 Å². The molecule has 0 amide bonds. The summed E-state index contributed by atoms with van der Waals surface area (Å²) < 4.78 is 20.6. The minimum absolute atomic E-state index is 0.209. The van der Waals surface area contributed by atoms with Gasteiger partial charge < -0.3 is 10.1 Å². The summed E-state index contributed by atoms with van der Waals surface area (Å²) in [5, 5.41) is 3.09. The molecule has 0 atom stereocenters. The van der Waals surface area contributed by atoms with E-state index in [0.29, 0.717) is 37.5 Å². The Bertz CT molecular complexity index is 1240. The summed E-state index contributed by atoms with van der Waals surface area (Å²) in [6, 6.07) is 13.6. The third-order valence-corrected chi connectivity index (χ3v) is 4.95. The number of hydrogen-bond acceptors (Lipinski definition) is 6. The van der Waals surface area contributed by atoms with E-state index < -0.39 is 0 Å². The highest BCUT2D eigenvalue weighted by Gasteiger charge is 2.13. The van der Waals surface area contributed by atoms with Crippen molar-refractivity contribution in [2.45, 2.75) is 26.4 Å².